The Hall–Kier alpha value is -2.77. The summed E-state index contributed by atoms with van der Waals surface area (Å²) in [5.41, 5.74) is 0.830. The lowest BCUT2D eigenvalue weighted by Gasteiger charge is -2.44. The number of fused-ring (bicyclic) bond motifs is 1. The van der Waals surface area contributed by atoms with Crippen LogP contribution in [0.25, 0.3) is 0 Å². The van der Waals surface area contributed by atoms with Gasteiger partial charge in [-0.25, -0.2) is 12.8 Å². The number of benzene rings is 1. The lowest BCUT2D eigenvalue weighted by molar-refractivity contribution is -0.133. The molecule has 2 aliphatic heterocycles. The van der Waals surface area contributed by atoms with E-state index in [0.717, 1.165) is 36.9 Å². The number of nitrogens with one attached hydrogen (secondary N) is 1. The summed E-state index contributed by atoms with van der Waals surface area (Å²) in [7, 11) is -7.57. The zero-order valence-electron chi connectivity index (χ0n) is 20.0. The van der Waals surface area contributed by atoms with Crippen molar-refractivity contribution >= 4 is 47.9 Å². The SMILES string of the molecule is CS(=O)(=O)CCc1csc2c1S(=O)(=O)N=C(C1=C(O)CC(C3CCC3)N(Cc3ccc(F)cc3)C1=O)N2. The lowest BCUT2D eigenvalue weighted by Crippen LogP contribution is -2.51. The standard InChI is InChI=1S/C24H26FN3O6S3/c1-36(31,32)10-9-16-13-35-23-21(16)37(33,34)27-22(26-23)20-19(29)11-18(15-3-2-4-15)28(24(20)30)12-14-5-7-17(25)8-6-14/h5-8,13,15,18,29H,2-4,9-12H2,1H3,(H,26,27). The minimum atomic E-state index is -4.26. The van der Waals surface area contributed by atoms with Crippen LogP contribution in [0, 0.1) is 11.7 Å². The van der Waals surface area contributed by atoms with Crippen molar-refractivity contribution in [2.45, 2.75) is 49.6 Å². The van der Waals surface area contributed by atoms with Gasteiger partial charge in [0, 0.05) is 25.3 Å². The summed E-state index contributed by atoms with van der Waals surface area (Å²) in [4.78, 5) is 15.3. The molecular formula is C24H26FN3O6S3. The average Bonchev–Trinajstić information content (AvgIpc) is 3.18. The van der Waals surface area contributed by atoms with Crippen LogP contribution in [0.2, 0.25) is 0 Å². The molecule has 5 rings (SSSR count). The third-order valence-corrected chi connectivity index (χ3v) is 10.4. The van der Waals surface area contributed by atoms with E-state index in [9.17, 15) is 31.1 Å². The van der Waals surface area contributed by atoms with Gasteiger partial charge in [-0.2, -0.15) is 8.42 Å². The number of amidine groups is 1. The summed E-state index contributed by atoms with van der Waals surface area (Å²) in [5, 5.41) is 15.6. The first-order valence-corrected chi connectivity index (χ1v) is 16.2. The predicted molar refractivity (Wildman–Crippen MR) is 138 cm³/mol. The number of nitrogens with zero attached hydrogens (tertiary/aromatic N) is 2. The Morgan fingerprint density at radius 1 is 1.24 bits per heavy atom. The fraction of sp³-hybridized carbons (Fsp3) is 0.417. The molecule has 198 valence electrons. The van der Waals surface area contributed by atoms with Crippen molar-refractivity contribution in [2.24, 2.45) is 10.3 Å². The zero-order valence-corrected chi connectivity index (χ0v) is 22.4. The first-order valence-electron chi connectivity index (χ1n) is 11.8. The highest BCUT2D eigenvalue weighted by molar-refractivity contribution is 7.91. The number of thiophene rings is 1. The van der Waals surface area contributed by atoms with E-state index in [2.05, 4.69) is 9.71 Å². The van der Waals surface area contributed by atoms with Gasteiger partial charge in [-0.05, 0) is 53.8 Å². The van der Waals surface area contributed by atoms with Crippen LogP contribution < -0.4 is 5.32 Å². The van der Waals surface area contributed by atoms with Crippen molar-refractivity contribution in [1.29, 1.82) is 0 Å². The molecule has 1 fully saturated rings. The molecule has 0 spiro atoms. The number of rotatable bonds is 7. The van der Waals surface area contributed by atoms with Crippen molar-refractivity contribution in [3.8, 4) is 0 Å². The molecule has 2 aromatic rings. The van der Waals surface area contributed by atoms with Gasteiger partial charge in [-0.15, -0.1) is 15.7 Å². The average molecular weight is 568 g/mol. The number of halogens is 1. The molecular weight excluding hydrogens is 541 g/mol. The third-order valence-electron chi connectivity index (χ3n) is 7.02. The van der Waals surface area contributed by atoms with Crippen LogP contribution in [0.5, 0.6) is 0 Å². The number of anilines is 1. The first kappa shape index (κ1) is 25.9. The van der Waals surface area contributed by atoms with Gasteiger partial charge < -0.3 is 15.3 Å². The van der Waals surface area contributed by atoms with E-state index < -0.39 is 31.6 Å². The van der Waals surface area contributed by atoms with Crippen molar-refractivity contribution in [3.63, 3.8) is 0 Å². The Morgan fingerprint density at radius 2 is 1.95 bits per heavy atom. The largest absolute Gasteiger partial charge is 0.511 e. The summed E-state index contributed by atoms with van der Waals surface area (Å²) < 4.78 is 66.7. The van der Waals surface area contributed by atoms with E-state index in [-0.39, 0.29) is 64.2 Å². The Kier molecular flexibility index (Phi) is 6.65. The molecule has 3 heterocycles. The lowest BCUT2D eigenvalue weighted by atomic mass is 9.76. The molecule has 1 atom stereocenters. The number of aliphatic hydroxyl groups is 1. The number of aliphatic hydroxyl groups excluding tert-OH is 1. The molecule has 0 radical (unpaired) electrons. The maximum atomic E-state index is 13.8. The third kappa shape index (κ3) is 5.16. The first-order chi connectivity index (χ1) is 17.4. The fourth-order valence-corrected chi connectivity index (χ4v) is 8.17. The number of hydrogen-bond acceptors (Lipinski definition) is 8. The molecule has 37 heavy (non-hydrogen) atoms. The maximum Gasteiger partial charge on any atom is 0.287 e. The van der Waals surface area contributed by atoms with Crippen molar-refractivity contribution in [3.05, 3.63) is 57.9 Å². The quantitative estimate of drug-likeness (QED) is 0.524. The molecule has 3 aliphatic rings. The summed E-state index contributed by atoms with van der Waals surface area (Å²) in [6.45, 7) is 0.178. The molecule has 1 unspecified atom stereocenters. The van der Waals surface area contributed by atoms with E-state index in [0.29, 0.717) is 11.1 Å². The van der Waals surface area contributed by atoms with Gasteiger partial charge in [-0.3, -0.25) is 4.79 Å². The van der Waals surface area contributed by atoms with Crippen LogP contribution >= 0.6 is 11.3 Å². The molecule has 1 saturated carbocycles. The number of sulfone groups is 1. The normalized spacial score (nSPS) is 21.8. The van der Waals surface area contributed by atoms with Crippen molar-refractivity contribution in [1.82, 2.24) is 4.90 Å². The second-order valence-electron chi connectivity index (χ2n) is 9.68. The summed E-state index contributed by atoms with van der Waals surface area (Å²) in [6, 6.07) is 5.55. The van der Waals surface area contributed by atoms with E-state index >= 15 is 0 Å². The van der Waals surface area contributed by atoms with E-state index in [1.54, 1.807) is 22.4 Å². The Labute approximate surface area is 218 Å². The Bertz CT molecular complexity index is 1520. The second kappa shape index (κ2) is 9.52. The number of aryl methyl sites for hydroxylation is 1. The smallest absolute Gasteiger partial charge is 0.287 e. The van der Waals surface area contributed by atoms with Gasteiger partial charge in [-0.1, -0.05) is 18.6 Å². The zero-order chi connectivity index (χ0) is 26.5. The fourth-order valence-electron chi connectivity index (χ4n) is 4.91. The molecule has 1 aromatic carbocycles. The van der Waals surface area contributed by atoms with Crippen molar-refractivity contribution in [2.75, 3.05) is 17.3 Å². The maximum absolute atomic E-state index is 13.8. The number of carbonyl (C=O) groups excluding carboxylic acids is 1. The minimum Gasteiger partial charge on any atom is -0.511 e. The van der Waals surface area contributed by atoms with E-state index in [1.165, 1.54) is 12.1 Å². The Morgan fingerprint density at radius 3 is 2.57 bits per heavy atom. The summed E-state index contributed by atoms with van der Waals surface area (Å²) in [5.74, 6) is -1.44. The van der Waals surface area contributed by atoms with Gasteiger partial charge >= 0.3 is 0 Å². The second-order valence-corrected chi connectivity index (χ2v) is 14.4. The topological polar surface area (TPSA) is 133 Å². The molecule has 2 N–H and O–H groups in total. The van der Waals surface area contributed by atoms with Crippen LogP contribution in [0.1, 0.15) is 36.8 Å². The number of amides is 1. The number of sulfonamides is 1. The highest BCUT2D eigenvalue weighted by Gasteiger charge is 2.43. The van der Waals surface area contributed by atoms with Crippen LogP contribution in [-0.4, -0.2) is 56.6 Å². The van der Waals surface area contributed by atoms with Gasteiger partial charge in [0.2, 0.25) is 0 Å². The van der Waals surface area contributed by atoms with Crippen LogP contribution in [0.3, 0.4) is 0 Å². The molecule has 0 saturated heterocycles. The Balaban J connectivity index is 1.48. The van der Waals surface area contributed by atoms with Gasteiger partial charge in [0.15, 0.2) is 5.84 Å². The molecule has 0 bridgehead atoms. The van der Waals surface area contributed by atoms with Crippen LogP contribution in [0.4, 0.5) is 9.39 Å². The molecule has 1 aliphatic carbocycles. The van der Waals surface area contributed by atoms with Gasteiger partial charge in [0.05, 0.1) is 5.75 Å². The molecule has 1 aromatic heterocycles. The summed E-state index contributed by atoms with van der Waals surface area (Å²) >= 11 is 1.07. The minimum absolute atomic E-state index is 0.0117. The van der Waals surface area contributed by atoms with Crippen LogP contribution in [0.15, 0.2) is 50.3 Å². The number of hydrogen-bond donors (Lipinski definition) is 2. The van der Waals surface area contributed by atoms with Gasteiger partial charge in [0.1, 0.15) is 36.9 Å². The van der Waals surface area contributed by atoms with E-state index in [1.807, 2.05) is 0 Å². The highest BCUT2D eigenvalue weighted by atomic mass is 32.2. The van der Waals surface area contributed by atoms with Gasteiger partial charge in [0.25, 0.3) is 15.9 Å². The molecule has 13 heteroatoms. The summed E-state index contributed by atoms with van der Waals surface area (Å²) in [6.07, 6.45) is 4.12. The molecule has 1 amide bonds. The monoisotopic (exact) mass is 567 g/mol. The van der Waals surface area contributed by atoms with Crippen molar-refractivity contribution < 1.29 is 31.1 Å². The van der Waals surface area contributed by atoms with E-state index in [4.69, 9.17) is 0 Å². The number of carbonyl (C=O) groups is 1. The highest BCUT2D eigenvalue weighted by Crippen LogP contribution is 2.41. The van der Waals surface area contributed by atoms with Crippen LogP contribution in [-0.2, 0) is 37.6 Å². The molecule has 9 nitrogen and oxygen atoms in total. The predicted octanol–water partition coefficient (Wildman–Crippen LogP) is 3.40.